The summed E-state index contributed by atoms with van der Waals surface area (Å²) in [6.07, 6.45) is 0. The quantitative estimate of drug-likeness (QED) is 0.347. The van der Waals surface area contributed by atoms with E-state index in [4.69, 9.17) is 0 Å². The van der Waals surface area contributed by atoms with Crippen LogP contribution < -0.4 is 0 Å². The molecule has 0 aromatic carbocycles. The van der Waals surface area contributed by atoms with Gasteiger partial charge in [0.15, 0.2) is 0 Å². The van der Waals surface area contributed by atoms with Gasteiger partial charge in [-0.1, -0.05) is 0 Å². The van der Waals surface area contributed by atoms with E-state index >= 15 is 0 Å². The van der Waals surface area contributed by atoms with E-state index < -0.39 is 0 Å². The van der Waals surface area contributed by atoms with Gasteiger partial charge in [0, 0.05) is 38.2 Å². The largest absolute Gasteiger partial charge is 0.107 e. The van der Waals surface area contributed by atoms with E-state index in [0.29, 0.717) is 0 Å². The van der Waals surface area contributed by atoms with Crippen LogP contribution in [0.1, 0.15) is 0 Å². The zero-order chi connectivity index (χ0) is 0. The van der Waals surface area contributed by atoms with Gasteiger partial charge >= 0.3 is 0 Å². The van der Waals surface area contributed by atoms with Gasteiger partial charge in [0.1, 0.15) is 0 Å². The maximum Gasteiger partial charge on any atom is 0 e. The molecule has 0 rings (SSSR count). The molecular weight excluding hydrogens is 670 g/mol. The summed E-state index contributed by atoms with van der Waals surface area (Å²) in [7, 11) is 0. The van der Waals surface area contributed by atoms with Crippen molar-refractivity contribution < 1.29 is 38.2 Å². The zero-order valence-corrected chi connectivity index (χ0v) is 13.3. The van der Waals surface area contributed by atoms with E-state index in [-0.39, 0.29) is 134 Å². The maximum absolute atomic E-state index is 0. The van der Waals surface area contributed by atoms with Crippen LogP contribution in [0.15, 0.2) is 0 Å². The van der Waals surface area contributed by atoms with Crippen molar-refractivity contribution in [3.8, 4) is 0 Å². The van der Waals surface area contributed by atoms with Crippen molar-refractivity contribution in [1.29, 1.82) is 0 Å². The Hall–Kier alpha value is 4.19. The molecule has 0 heterocycles. The molecule has 0 aromatic rings. The third-order valence-electron chi connectivity index (χ3n) is 0. The minimum Gasteiger partial charge on any atom is -0.107 e. The predicted octanol–water partition coefficient (Wildman–Crippen LogP) is 2.47. The summed E-state index contributed by atoms with van der Waals surface area (Å²) in [5, 5.41) is 0. The molecule has 5 heavy (non-hydrogen) atoms. The van der Waals surface area contributed by atoms with Crippen LogP contribution in [0.25, 0.3) is 0 Å². The molecule has 5 heteroatoms. The molecule has 0 aliphatic rings. The minimum atomic E-state index is 0. The van der Waals surface area contributed by atoms with Crippen molar-refractivity contribution in [1.82, 2.24) is 0 Å². The van der Waals surface area contributed by atoms with Gasteiger partial charge in [-0.3, -0.25) is 0 Å². The van der Waals surface area contributed by atoms with Crippen LogP contribution in [0.2, 0.25) is 0 Å². The molecular formula is H4DyI4. The van der Waals surface area contributed by atoms with Crippen molar-refractivity contribution in [2.75, 3.05) is 0 Å². The van der Waals surface area contributed by atoms with E-state index in [1.807, 2.05) is 0 Å². The first-order valence-corrected chi connectivity index (χ1v) is 0. The topological polar surface area (TPSA) is 0 Å². The Morgan fingerprint density at radius 2 is 0.400 bits per heavy atom. The fourth-order valence-corrected chi connectivity index (χ4v) is 0. The van der Waals surface area contributed by atoms with E-state index in [2.05, 4.69) is 0 Å². The standard InChI is InChI=1S/Dy.4HI/h;4*1H. The minimum absolute atomic E-state index is 0. The fourth-order valence-electron chi connectivity index (χ4n) is 0. The summed E-state index contributed by atoms with van der Waals surface area (Å²) in [4.78, 5) is 0. The van der Waals surface area contributed by atoms with Gasteiger partial charge in [0.25, 0.3) is 0 Å². The molecule has 0 unspecified atom stereocenters. The van der Waals surface area contributed by atoms with Crippen LogP contribution in [0, 0.1) is 38.2 Å². The van der Waals surface area contributed by atoms with Crippen molar-refractivity contribution in [2.45, 2.75) is 0 Å². The summed E-state index contributed by atoms with van der Waals surface area (Å²) in [5.74, 6) is 0. The molecule has 0 spiro atoms. The Labute approximate surface area is 130 Å². The Kier molecular flexibility index (Phi) is 169. The zero-order valence-electron chi connectivity index (χ0n) is 1.95. The Balaban J connectivity index is 0. The average molecular weight is 674 g/mol. The molecule has 0 amide bonds. The number of hydrogen-bond acceptors (Lipinski definition) is 0. The molecule has 42 valence electrons. The molecule has 0 aliphatic heterocycles. The fraction of sp³-hybridized carbons (Fsp3) is 0. The monoisotopic (exact) mass is 676 g/mol. The average Bonchev–Trinajstić information content (AvgIpc) is 0. The van der Waals surface area contributed by atoms with Crippen molar-refractivity contribution in [3.63, 3.8) is 0 Å². The first-order chi connectivity index (χ1) is 0. The maximum atomic E-state index is 0. The van der Waals surface area contributed by atoms with Crippen LogP contribution in [-0.4, -0.2) is 0 Å². The molecule has 0 N–H and O–H groups in total. The first-order valence-electron chi connectivity index (χ1n) is 0. The van der Waals surface area contributed by atoms with Gasteiger partial charge in [-0.2, -0.15) is 0 Å². The van der Waals surface area contributed by atoms with Crippen LogP contribution >= 0.6 is 95.9 Å². The van der Waals surface area contributed by atoms with E-state index in [1.54, 1.807) is 0 Å². The normalized spacial score (nSPS) is 0. The van der Waals surface area contributed by atoms with Gasteiger partial charge in [-0.15, -0.1) is 95.9 Å². The summed E-state index contributed by atoms with van der Waals surface area (Å²) in [6, 6.07) is 0. The van der Waals surface area contributed by atoms with Gasteiger partial charge in [-0.25, -0.2) is 0 Å². The smallest absolute Gasteiger partial charge is 0 e. The predicted molar refractivity (Wildman–Crippen MR) is 61.7 cm³/mol. The van der Waals surface area contributed by atoms with Gasteiger partial charge in [0.05, 0.1) is 0 Å². The molecule has 0 saturated heterocycles. The first kappa shape index (κ1) is 35.1. The SMILES string of the molecule is I.I.I.I.[Dy]. The Bertz CT molecular complexity index is 3.61. The molecule has 0 saturated carbocycles. The van der Waals surface area contributed by atoms with Gasteiger partial charge in [0.2, 0.25) is 0 Å². The second-order valence-electron chi connectivity index (χ2n) is 0. The van der Waals surface area contributed by atoms with Gasteiger partial charge < -0.3 is 0 Å². The third-order valence-corrected chi connectivity index (χ3v) is 0. The second-order valence-corrected chi connectivity index (χ2v) is 0. The van der Waals surface area contributed by atoms with Crippen LogP contribution in [0.5, 0.6) is 0 Å². The molecule has 0 bridgehead atoms. The van der Waals surface area contributed by atoms with Crippen molar-refractivity contribution >= 4 is 95.9 Å². The van der Waals surface area contributed by atoms with E-state index in [9.17, 15) is 0 Å². The molecule has 0 radical (unpaired) electrons. The van der Waals surface area contributed by atoms with Crippen LogP contribution in [0.4, 0.5) is 0 Å². The van der Waals surface area contributed by atoms with Crippen LogP contribution in [0.3, 0.4) is 0 Å². The third kappa shape index (κ3) is 17.9. The molecule has 0 atom stereocenters. The summed E-state index contributed by atoms with van der Waals surface area (Å²) < 4.78 is 0. The number of rotatable bonds is 0. The van der Waals surface area contributed by atoms with Crippen LogP contribution in [-0.2, 0) is 0 Å². The summed E-state index contributed by atoms with van der Waals surface area (Å²) in [6.45, 7) is 0. The second kappa shape index (κ2) is 24.1. The Morgan fingerprint density at radius 1 is 0.400 bits per heavy atom. The molecule has 0 aliphatic carbocycles. The number of hydrogen-bond donors (Lipinski definition) is 0. The van der Waals surface area contributed by atoms with Crippen molar-refractivity contribution in [3.05, 3.63) is 0 Å². The molecule has 0 fully saturated rings. The molecule has 0 nitrogen and oxygen atoms in total. The van der Waals surface area contributed by atoms with E-state index in [0.717, 1.165) is 0 Å². The van der Waals surface area contributed by atoms with Crippen molar-refractivity contribution in [2.24, 2.45) is 0 Å². The Morgan fingerprint density at radius 3 is 0.400 bits per heavy atom. The molecule has 0 aromatic heterocycles. The number of halogens is 4. The summed E-state index contributed by atoms with van der Waals surface area (Å²) in [5.41, 5.74) is 0. The summed E-state index contributed by atoms with van der Waals surface area (Å²) >= 11 is 0. The van der Waals surface area contributed by atoms with E-state index in [1.165, 1.54) is 0 Å². The van der Waals surface area contributed by atoms with Gasteiger partial charge in [-0.05, 0) is 0 Å².